The lowest BCUT2D eigenvalue weighted by Crippen LogP contribution is -2.38. The summed E-state index contributed by atoms with van der Waals surface area (Å²) in [5.74, 6) is 1.13. The van der Waals surface area contributed by atoms with Gasteiger partial charge in [0.05, 0.1) is 0 Å². The van der Waals surface area contributed by atoms with Crippen LogP contribution in [0, 0.1) is 22.7 Å². The van der Waals surface area contributed by atoms with Crippen LogP contribution in [0.4, 0.5) is 0 Å². The predicted octanol–water partition coefficient (Wildman–Crippen LogP) is 3.78. The molecule has 1 fully saturated rings. The number of allylic oxidation sites excluding steroid dienone is 2. The molecule has 0 aromatic heterocycles. The number of rotatable bonds is 1. The van der Waals surface area contributed by atoms with E-state index in [1.165, 1.54) is 12.8 Å². The maximum atomic E-state index is 9.58. The van der Waals surface area contributed by atoms with Crippen LogP contribution >= 0.6 is 0 Å². The van der Waals surface area contributed by atoms with Crippen molar-refractivity contribution in [2.24, 2.45) is 22.7 Å². The summed E-state index contributed by atoms with van der Waals surface area (Å²) in [6.45, 7) is 12.2. The summed E-state index contributed by atoms with van der Waals surface area (Å²) in [4.78, 5) is 0. The Morgan fingerprint density at radius 3 is 2.38 bits per heavy atom. The number of hydrogen-bond acceptors (Lipinski definition) is 1. The first-order chi connectivity index (χ1) is 7.30. The van der Waals surface area contributed by atoms with Crippen molar-refractivity contribution in [2.75, 3.05) is 6.61 Å². The molecule has 2 rings (SSSR count). The lowest BCUT2D eigenvalue weighted by molar-refractivity contribution is 0.0517. The Labute approximate surface area is 99.9 Å². The molecule has 0 aromatic carbocycles. The molecule has 0 amide bonds. The third-order valence-corrected chi connectivity index (χ3v) is 5.31. The summed E-state index contributed by atoms with van der Waals surface area (Å²) in [6.07, 6.45) is 3.69. The first-order valence-corrected chi connectivity index (χ1v) is 6.60. The van der Waals surface area contributed by atoms with Crippen LogP contribution in [0.3, 0.4) is 0 Å². The quantitative estimate of drug-likeness (QED) is 0.669. The van der Waals surface area contributed by atoms with Gasteiger partial charge >= 0.3 is 0 Å². The van der Waals surface area contributed by atoms with Gasteiger partial charge in [-0.05, 0) is 48.9 Å². The largest absolute Gasteiger partial charge is 0.396 e. The standard InChI is InChI=1S/C15H26O/c1-10-6-7-14(2,3)13-12(10)8-11(9-16)15(13,4)5/h11,13,16H,6-9H2,1-5H3/t11-,13+/m1/s1. The van der Waals surface area contributed by atoms with Gasteiger partial charge < -0.3 is 5.11 Å². The van der Waals surface area contributed by atoms with E-state index in [0.717, 1.165) is 6.42 Å². The second kappa shape index (κ2) is 3.60. The molecule has 0 aromatic rings. The average Bonchev–Trinajstić information content (AvgIpc) is 2.45. The Morgan fingerprint density at radius 2 is 1.88 bits per heavy atom. The van der Waals surface area contributed by atoms with Gasteiger partial charge in [-0.3, -0.25) is 0 Å². The first-order valence-electron chi connectivity index (χ1n) is 6.60. The van der Waals surface area contributed by atoms with Gasteiger partial charge in [0.2, 0.25) is 0 Å². The molecule has 1 heteroatoms. The molecule has 1 saturated carbocycles. The van der Waals surface area contributed by atoms with Crippen molar-refractivity contribution in [3.8, 4) is 0 Å². The smallest absolute Gasteiger partial charge is 0.0467 e. The predicted molar refractivity (Wildman–Crippen MR) is 68.2 cm³/mol. The van der Waals surface area contributed by atoms with Gasteiger partial charge in [0.15, 0.2) is 0 Å². The number of hydrogen-bond donors (Lipinski definition) is 1. The van der Waals surface area contributed by atoms with E-state index in [9.17, 15) is 5.11 Å². The highest BCUT2D eigenvalue weighted by atomic mass is 16.3. The van der Waals surface area contributed by atoms with Crippen LogP contribution < -0.4 is 0 Å². The van der Waals surface area contributed by atoms with Crippen LogP contribution in [-0.4, -0.2) is 11.7 Å². The van der Waals surface area contributed by atoms with E-state index < -0.39 is 0 Å². The van der Waals surface area contributed by atoms with Gasteiger partial charge in [0, 0.05) is 6.61 Å². The monoisotopic (exact) mass is 222 g/mol. The molecule has 16 heavy (non-hydrogen) atoms. The molecule has 0 heterocycles. The highest BCUT2D eigenvalue weighted by Gasteiger charge is 2.53. The topological polar surface area (TPSA) is 20.2 Å². The van der Waals surface area contributed by atoms with Gasteiger partial charge in [0.1, 0.15) is 0 Å². The molecular formula is C15H26O. The Hall–Kier alpha value is -0.300. The zero-order valence-corrected chi connectivity index (χ0v) is 11.4. The summed E-state index contributed by atoms with van der Waals surface area (Å²) in [5, 5.41) is 9.58. The summed E-state index contributed by atoms with van der Waals surface area (Å²) < 4.78 is 0. The first kappa shape index (κ1) is 12.2. The van der Waals surface area contributed by atoms with E-state index in [1.807, 2.05) is 0 Å². The van der Waals surface area contributed by atoms with E-state index in [2.05, 4.69) is 34.6 Å². The van der Waals surface area contributed by atoms with Crippen molar-refractivity contribution in [3.05, 3.63) is 11.1 Å². The summed E-state index contributed by atoms with van der Waals surface area (Å²) in [7, 11) is 0. The summed E-state index contributed by atoms with van der Waals surface area (Å²) in [6, 6.07) is 0. The number of fused-ring (bicyclic) bond motifs is 1. The fourth-order valence-corrected chi connectivity index (χ4v) is 4.34. The van der Waals surface area contributed by atoms with Crippen molar-refractivity contribution >= 4 is 0 Å². The highest BCUT2D eigenvalue weighted by molar-refractivity contribution is 5.29. The molecule has 0 bridgehead atoms. The zero-order valence-electron chi connectivity index (χ0n) is 11.4. The Balaban J connectivity index is 2.47. The van der Waals surface area contributed by atoms with Crippen molar-refractivity contribution in [1.82, 2.24) is 0 Å². The maximum absolute atomic E-state index is 9.58. The van der Waals surface area contributed by atoms with Crippen molar-refractivity contribution in [2.45, 2.75) is 53.9 Å². The Morgan fingerprint density at radius 1 is 1.25 bits per heavy atom. The fraction of sp³-hybridized carbons (Fsp3) is 0.867. The summed E-state index contributed by atoms with van der Waals surface area (Å²) in [5.41, 5.74) is 3.94. The third kappa shape index (κ3) is 1.55. The molecule has 0 unspecified atom stereocenters. The van der Waals surface area contributed by atoms with Gasteiger partial charge in [-0.25, -0.2) is 0 Å². The van der Waals surface area contributed by atoms with Crippen LogP contribution in [0.5, 0.6) is 0 Å². The second-order valence-electron chi connectivity index (χ2n) is 7.13. The van der Waals surface area contributed by atoms with Gasteiger partial charge in [-0.2, -0.15) is 0 Å². The average molecular weight is 222 g/mol. The minimum absolute atomic E-state index is 0.259. The van der Waals surface area contributed by atoms with Gasteiger partial charge in [-0.15, -0.1) is 0 Å². The van der Waals surface area contributed by atoms with Gasteiger partial charge in [0.25, 0.3) is 0 Å². The normalized spacial score (nSPS) is 36.4. The van der Waals surface area contributed by atoms with E-state index in [0.29, 0.717) is 23.9 Å². The molecule has 2 aliphatic carbocycles. The molecule has 0 saturated heterocycles. The Kier molecular flexibility index (Phi) is 2.73. The molecular weight excluding hydrogens is 196 g/mol. The van der Waals surface area contributed by atoms with Crippen LogP contribution in [0.1, 0.15) is 53.9 Å². The Bertz CT molecular complexity index is 322. The minimum Gasteiger partial charge on any atom is -0.396 e. The molecule has 92 valence electrons. The van der Waals surface area contributed by atoms with E-state index in [-0.39, 0.29) is 5.41 Å². The lowest BCUT2D eigenvalue weighted by Gasteiger charge is -2.45. The second-order valence-corrected chi connectivity index (χ2v) is 7.13. The SMILES string of the molecule is CC1=C2C[C@H](CO)C(C)(C)[C@@H]2C(C)(C)CC1. The molecule has 1 N–H and O–H groups in total. The highest BCUT2D eigenvalue weighted by Crippen LogP contribution is 2.61. The number of aliphatic hydroxyl groups excluding tert-OH is 1. The zero-order chi connectivity index (χ0) is 12.1. The minimum atomic E-state index is 0.259. The van der Waals surface area contributed by atoms with Gasteiger partial charge in [-0.1, -0.05) is 38.8 Å². The van der Waals surface area contributed by atoms with E-state index >= 15 is 0 Å². The van der Waals surface area contributed by atoms with E-state index in [1.54, 1.807) is 11.1 Å². The molecule has 2 aliphatic rings. The fourth-order valence-electron chi connectivity index (χ4n) is 4.34. The van der Waals surface area contributed by atoms with Crippen LogP contribution in [-0.2, 0) is 0 Å². The van der Waals surface area contributed by atoms with Crippen molar-refractivity contribution in [1.29, 1.82) is 0 Å². The molecule has 1 nitrogen and oxygen atoms in total. The van der Waals surface area contributed by atoms with Crippen molar-refractivity contribution < 1.29 is 5.11 Å². The van der Waals surface area contributed by atoms with Crippen LogP contribution in [0.25, 0.3) is 0 Å². The molecule has 0 aliphatic heterocycles. The third-order valence-electron chi connectivity index (χ3n) is 5.31. The van der Waals surface area contributed by atoms with Crippen LogP contribution in [0.15, 0.2) is 11.1 Å². The summed E-state index contributed by atoms with van der Waals surface area (Å²) >= 11 is 0. The van der Waals surface area contributed by atoms with E-state index in [4.69, 9.17) is 0 Å². The molecule has 2 atom stereocenters. The molecule has 0 spiro atoms. The lowest BCUT2D eigenvalue weighted by atomic mass is 9.59. The van der Waals surface area contributed by atoms with Crippen molar-refractivity contribution in [3.63, 3.8) is 0 Å². The molecule has 0 radical (unpaired) electrons. The maximum Gasteiger partial charge on any atom is 0.0467 e. The van der Waals surface area contributed by atoms with Crippen LogP contribution in [0.2, 0.25) is 0 Å². The number of aliphatic hydroxyl groups is 1.